The molecule has 0 radical (unpaired) electrons. The quantitative estimate of drug-likeness (QED) is 0.439. The second-order valence-corrected chi connectivity index (χ2v) is 8.01. The maximum atomic E-state index is 13.4. The number of anilines is 1. The minimum Gasteiger partial charge on any atom is -0.335 e. The molecule has 10 heteroatoms. The van der Waals surface area contributed by atoms with Gasteiger partial charge in [0.25, 0.3) is 11.8 Å². The zero-order valence-electron chi connectivity index (χ0n) is 18.6. The largest absolute Gasteiger partial charge is 0.335 e. The van der Waals surface area contributed by atoms with Gasteiger partial charge in [-0.15, -0.1) is 5.10 Å². The molecule has 0 saturated carbocycles. The fourth-order valence-corrected chi connectivity index (χ4v) is 3.14. The fraction of sp³-hybridized carbons (Fsp3) is 0.167. The molecule has 9 nitrogen and oxygen atoms in total. The number of halogens is 1. The van der Waals surface area contributed by atoms with Crippen LogP contribution in [0.25, 0.3) is 11.4 Å². The Morgan fingerprint density at radius 2 is 1.65 bits per heavy atom. The van der Waals surface area contributed by atoms with E-state index >= 15 is 0 Å². The minimum absolute atomic E-state index is 0.0489. The Kier molecular flexibility index (Phi) is 6.39. The van der Waals surface area contributed by atoms with Gasteiger partial charge in [-0.05, 0) is 49.7 Å². The molecule has 0 aliphatic heterocycles. The molecule has 172 valence electrons. The summed E-state index contributed by atoms with van der Waals surface area (Å²) in [6, 6.07) is 17.1. The summed E-state index contributed by atoms with van der Waals surface area (Å²) in [6.45, 7) is 3.48. The highest BCUT2D eigenvalue weighted by Crippen LogP contribution is 2.21. The first-order valence-corrected chi connectivity index (χ1v) is 10.5. The van der Waals surface area contributed by atoms with Crippen LogP contribution in [0.3, 0.4) is 0 Å². The maximum absolute atomic E-state index is 13.4. The van der Waals surface area contributed by atoms with Crippen LogP contribution >= 0.6 is 0 Å². The standard InChI is InChI=1S/C24H22FN7O2/c1-24(2,30-21(33)19-26-13-6-14-27-19)22(34)29-23-28-20(17-9-11-18(25)12-10-17)32(31-23)15-16-7-4-3-5-8-16/h3-14H,15H2,1-2H3,(H,30,33)(H,29,31,34). The first kappa shape index (κ1) is 22.7. The highest BCUT2D eigenvalue weighted by Gasteiger charge is 2.31. The molecule has 0 aliphatic rings. The number of rotatable bonds is 7. The van der Waals surface area contributed by atoms with Crippen molar-refractivity contribution >= 4 is 17.8 Å². The van der Waals surface area contributed by atoms with Crippen LogP contribution in [0, 0.1) is 5.82 Å². The van der Waals surface area contributed by atoms with Gasteiger partial charge in [-0.25, -0.2) is 19.0 Å². The fourth-order valence-electron chi connectivity index (χ4n) is 3.14. The van der Waals surface area contributed by atoms with E-state index in [1.807, 2.05) is 30.3 Å². The van der Waals surface area contributed by atoms with Crippen molar-refractivity contribution in [3.05, 3.63) is 90.3 Å². The van der Waals surface area contributed by atoms with E-state index in [-0.39, 0.29) is 17.6 Å². The zero-order chi connectivity index (χ0) is 24.1. The van der Waals surface area contributed by atoms with E-state index in [0.717, 1.165) is 5.56 Å². The van der Waals surface area contributed by atoms with Crippen LogP contribution in [0.4, 0.5) is 10.3 Å². The molecule has 2 aromatic carbocycles. The molecule has 0 spiro atoms. The van der Waals surface area contributed by atoms with Crippen molar-refractivity contribution in [3.8, 4) is 11.4 Å². The minimum atomic E-state index is -1.31. The number of carbonyl (C=O) groups excluding carboxylic acids is 2. The lowest BCUT2D eigenvalue weighted by Crippen LogP contribution is -2.52. The third-order valence-electron chi connectivity index (χ3n) is 4.94. The normalized spacial score (nSPS) is 11.1. The summed E-state index contributed by atoms with van der Waals surface area (Å²) in [5.74, 6) is -1.02. The third-order valence-corrected chi connectivity index (χ3v) is 4.94. The first-order chi connectivity index (χ1) is 16.3. The Morgan fingerprint density at radius 3 is 2.32 bits per heavy atom. The van der Waals surface area contributed by atoms with Crippen molar-refractivity contribution in [2.24, 2.45) is 0 Å². The van der Waals surface area contributed by atoms with Gasteiger partial charge in [-0.1, -0.05) is 30.3 Å². The first-order valence-electron chi connectivity index (χ1n) is 10.5. The van der Waals surface area contributed by atoms with E-state index < -0.39 is 17.4 Å². The molecule has 0 saturated heterocycles. The highest BCUT2D eigenvalue weighted by molar-refractivity contribution is 6.01. The molecule has 34 heavy (non-hydrogen) atoms. The maximum Gasteiger partial charge on any atom is 0.289 e. The number of benzene rings is 2. The van der Waals surface area contributed by atoms with Gasteiger partial charge in [0.05, 0.1) is 6.54 Å². The molecule has 2 heterocycles. The van der Waals surface area contributed by atoms with Gasteiger partial charge in [0.1, 0.15) is 11.4 Å². The predicted octanol–water partition coefficient (Wildman–Crippen LogP) is 3.07. The van der Waals surface area contributed by atoms with Gasteiger partial charge >= 0.3 is 0 Å². The van der Waals surface area contributed by atoms with Gasteiger partial charge in [-0.2, -0.15) is 4.98 Å². The monoisotopic (exact) mass is 459 g/mol. The second kappa shape index (κ2) is 9.57. The van der Waals surface area contributed by atoms with Crippen LogP contribution in [0.5, 0.6) is 0 Å². The Bertz CT molecular complexity index is 1290. The van der Waals surface area contributed by atoms with Crippen LogP contribution in [0.1, 0.15) is 30.0 Å². The SMILES string of the molecule is CC(C)(NC(=O)c1ncccn1)C(=O)Nc1nc(-c2ccc(F)cc2)n(Cc2ccccc2)n1. The van der Waals surface area contributed by atoms with Crippen LogP contribution in [-0.2, 0) is 11.3 Å². The number of carbonyl (C=O) groups is 2. The van der Waals surface area contributed by atoms with Crippen LogP contribution in [0.15, 0.2) is 73.1 Å². The Labute approximate surface area is 195 Å². The molecule has 0 fully saturated rings. The summed E-state index contributed by atoms with van der Waals surface area (Å²) in [6.07, 6.45) is 2.88. The molecule has 2 amide bonds. The number of hydrogen-bond donors (Lipinski definition) is 2. The lowest BCUT2D eigenvalue weighted by atomic mass is 10.0. The summed E-state index contributed by atoms with van der Waals surface area (Å²) in [7, 11) is 0. The summed E-state index contributed by atoms with van der Waals surface area (Å²) < 4.78 is 15.1. The third kappa shape index (κ3) is 5.29. The molecule has 0 bridgehead atoms. The lowest BCUT2D eigenvalue weighted by Gasteiger charge is -2.23. The van der Waals surface area contributed by atoms with E-state index in [0.29, 0.717) is 17.9 Å². The smallest absolute Gasteiger partial charge is 0.289 e. The number of aromatic nitrogens is 5. The van der Waals surface area contributed by atoms with Crippen molar-refractivity contribution in [1.29, 1.82) is 0 Å². The van der Waals surface area contributed by atoms with Crippen molar-refractivity contribution in [2.45, 2.75) is 25.9 Å². The number of hydrogen-bond acceptors (Lipinski definition) is 6. The molecular weight excluding hydrogens is 437 g/mol. The lowest BCUT2D eigenvalue weighted by molar-refractivity contribution is -0.121. The summed E-state index contributed by atoms with van der Waals surface area (Å²) >= 11 is 0. The van der Waals surface area contributed by atoms with E-state index in [1.165, 1.54) is 24.5 Å². The Hall–Kier alpha value is -4.47. The van der Waals surface area contributed by atoms with Crippen LogP contribution in [0.2, 0.25) is 0 Å². The van der Waals surface area contributed by atoms with Gasteiger partial charge in [0.15, 0.2) is 5.82 Å². The molecule has 4 rings (SSSR count). The van der Waals surface area contributed by atoms with E-state index in [9.17, 15) is 14.0 Å². The molecule has 0 atom stereocenters. The topological polar surface area (TPSA) is 115 Å². The van der Waals surface area contributed by atoms with Gasteiger partial charge < -0.3 is 5.32 Å². The Morgan fingerprint density at radius 1 is 0.971 bits per heavy atom. The van der Waals surface area contributed by atoms with Gasteiger partial charge in [0.2, 0.25) is 11.8 Å². The van der Waals surface area contributed by atoms with Crippen molar-refractivity contribution in [2.75, 3.05) is 5.32 Å². The number of nitrogens with one attached hydrogen (secondary N) is 2. The van der Waals surface area contributed by atoms with Crippen molar-refractivity contribution in [3.63, 3.8) is 0 Å². The van der Waals surface area contributed by atoms with Crippen molar-refractivity contribution in [1.82, 2.24) is 30.0 Å². The molecular formula is C24H22FN7O2. The average Bonchev–Trinajstić information content (AvgIpc) is 3.22. The Balaban J connectivity index is 1.57. The van der Waals surface area contributed by atoms with E-state index in [4.69, 9.17) is 0 Å². The number of amides is 2. The number of nitrogens with zero attached hydrogens (tertiary/aromatic N) is 5. The highest BCUT2D eigenvalue weighted by atomic mass is 19.1. The molecule has 2 aromatic heterocycles. The van der Waals surface area contributed by atoms with Crippen molar-refractivity contribution < 1.29 is 14.0 Å². The predicted molar refractivity (Wildman–Crippen MR) is 123 cm³/mol. The molecule has 0 unspecified atom stereocenters. The summed E-state index contributed by atoms with van der Waals surface area (Å²) in [4.78, 5) is 37.6. The average molecular weight is 459 g/mol. The summed E-state index contributed by atoms with van der Waals surface area (Å²) in [5, 5.41) is 9.70. The van der Waals surface area contributed by atoms with Crippen LogP contribution < -0.4 is 10.6 Å². The van der Waals surface area contributed by atoms with Crippen LogP contribution in [-0.4, -0.2) is 42.1 Å². The second-order valence-electron chi connectivity index (χ2n) is 8.01. The van der Waals surface area contributed by atoms with Gasteiger partial charge in [0, 0.05) is 18.0 Å². The van der Waals surface area contributed by atoms with Gasteiger partial charge in [-0.3, -0.25) is 14.9 Å². The zero-order valence-corrected chi connectivity index (χ0v) is 18.6. The molecule has 2 N–H and O–H groups in total. The molecule has 0 aliphatic carbocycles. The van der Waals surface area contributed by atoms with E-state index in [1.54, 1.807) is 36.7 Å². The molecule has 4 aromatic rings. The van der Waals surface area contributed by atoms with E-state index in [2.05, 4.69) is 30.7 Å². The summed E-state index contributed by atoms with van der Waals surface area (Å²) in [5.41, 5.74) is 0.306.